The summed E-state index contributed by atoms with van der Waals surface area (Å²) in [5.74, 6) is 0. The van der Waals surface area contributed by atoms with E-state index in [1.165, 1.54) is 21.9 Å². The number of aryl methyl sites for hydroxylation is 1. The van der Waals surface area contributed by atoms with E-state index in [2.05, 4.69) is 24.3 Å². The van der Waals surface area contributed by atoms with Crippen LogP contribution in [0.3, 0.4) is 0 Å². The molecule has 0 aromatic heterocycles. The fraction of sp³-hybridized carbons (Fsp3) is 0.133. The molecule has 0 unspecified atom stereocenters. The Balaban J connectivity index is 0.00000108. The molecule has 0 spiro atoms. The molecule has 0 saturated carbocycles. The maximum Gasteiger partial charge on any atom is 1.00 e. The highest BCUT2D eigenvalue weighted by Gasteiger charge is 2.11. The van der Waals surface area contributed by atoms with Gasteiger partial charge in [0.2, 0.25) is 0 Å². The van der Waals surface area contributed by atoms with Crippen molar-refractivity contribution in [3.05, 3.63) is 53.1 Å². The molecule has 2 aromatic carbocycles. The quantitative estimate of drug-likeness (QED) is 0.657. The number of benzene rings is 2. The van der Waals surface area contributed by atoms with Gasteiger partial charge in [-0.3, -0.25) is 4.79 Å². The minimum absolute atomic E-state index is 0. The average Bonchev–Trinajstić information content (AvgIpc) is 2.38. The number of carbonyl (C=O) groups is 1. The van der Waals surface area contributed by atoms with E-state index in [0.29, 0.717) is 0 Å². The first kappa shape index (κ1) is 9.34. The van der Waals surface area contributed by atoms with Gasteiger partial charge in [-0.05, 0) is 46.4 Å². The molecule has 0 amide bonds. The van der Waals surface area contributed by atoms with Gasteiger partial charge in [-0.15, -0.1) is 0 Å². The Bertz CT molecular complexity index is 599. The van der Waals surface area contributed by atoms with Gasteiger partial charge in [0.15, 0.2) is 0 Å². The Morgan fingerprint density at radius 1 is 1.06 bits per heavy atom. The molecule has 2 aromatic rings. The van der Waals surface area contributed by atoms with Crippen molar-refractivity contribution >= 4 is 23.1 Å². The second kappa shape index (κ2) is 3.60. The smallest absolute Gasteiger partial charge is 0.298 e. The van der Waals surface area contributed by atoms with Crippen LogP contribution in [-0.2, 0) is 11.2 Å². The van der Waals surface area contributed by atoms with Crippen molar-refractivity contribution in [1.82, 2.24) is 0 Å². The first-order chi connectivity index (χ1) is 7.88. The molecule has 0 heterocycles. The molecular formula is C15H13O+. The summed E-state index contributed by atoms with van der Waals surface area (Å²) >= 11 is 0. The van der Waals surface area contributed by atoms with E-state index >= 15 is 0 Å². The van der Waals surface area contributed by atoms with Crippen molar-refractivity contribution in [2.75, 3.05) is 0 Å². The Morgan fingerprint density at radius 2 is 1.94 bits per heavy atom. The zero-order valence-electron chi connectivity index (χ0n) is 9.94. The van der Waals surface area contributed by atoms with Crippen molar-refractivity contribution in [1.29, 1.82) is 0 Å². The van der Waals surface area contributed by atoms with Crippen LogP contribution in [0, 0.1) is 0 Å². The minimum atomic E-state index is 0. The minimum Gasteiger partial charge on any atom is -0.298 e. The molecule has 78 valence electrons. The molecule has 0 fully saturated rings. The van der Waals surface area contributed by atoms with E-state index in [-0.39, 0.29) is 1.43 Å². The highest BCUT2D eigenvalue weighted by atomic mass is 16.1. The van der Waals surface area contributed by atoms with Crippen molar-refractivity contribution in [3.63, 3.8) is 0 Å². The molecule has 1 aliphatic carbocycles. The van der Waals surface area contributed by atoms with Crippen molar-refractivity contribution in [3.8, 4) is 0 Å². The molecule has 0 aliphatic heterocycles. The van der Waals surface area contributed by atoms with E-state index in [9.17, 15) is 4.79 Å². The average molecular weight is 209 g/mol. The van der Waals surface area contributed by atoms with Gasteiger partial charge in [0.1, 0.15) is 6.29 Å². The number of rotatable bonds is 1. The summed E-state index contributed by atoms with van der Waals surface area (Å²) in [6, 6.07) is 12.7. The highest BCUT2D eigenvalue weighted by molar-refractivity contribution is 5.96. The van der Waals surface area contributed by atoms with E-state index < -0.39 is 0 Å². The Kier molecular flexibility index (Phi) is 2.10. The number of hydrogen-bond acceptors (Lipinski definition) is 1. The number of allylic oxidation sites excluding steroid dienone is 1. The summed E-state index contributed by atoms with van der Waals surface area (Å²) in [4.78, 5) is 10.8. The molecule has 1 heteroatoms. The molecule has 16 heavy (non-hydrogen) atoms. The van der Waals surface area contributed by atoms with E-state index in [1.807, 2.05) is 18.2 Å². The third-order valence-corrected chi connectivity index (χ3v) is 3.23. The van der Waals surface area contributed by atoms with E-state index in [4.69, 9.17) is 0 Å². The fourth-order valence-electron chi connectivity index (χ4n) is 2.36. The summed E-state index contributed by atoms with van der Waals surface area (Å²) in [5.41, 5.74) is 3.49. The summed E-state index contributed by atoms with van der Waals surface area (Å²) in [5, 5.41) is 2.49. The standard InChI is InChI=1S/C15H12O/c16-10-11-5-6-13-8-7-12-3-1-2-4-14(12)15(13)9-11/h1-4,7-10H,5-6H2/p+1. The largest absolute Gasteiger partial charge is 1.00 e. The fourth-order valence-corrected chi connectivity index (χ4v) is 2.36. The van der Waals surface area contributed by atoms with Crippen LogP contribution in [0.25, 0.3) is 16.8 Å². The van der Waals surface area contributed by atoms with Crippen LogP contribution in [0.15, 0.2) is 42.0 Å². The first-order valence-corrected chi connectivity index (χ1v) is 5.55. The number of fused-ring (bicyclic) bond motifs is 3. The third-order valence-electron chi connectivity index (χ3n) is 3.23. The first-order valence-electron chi connectivity index (χ1n) is 5.55. The lowest BCUT2D eigenvalue weighted by molar-refractivity contribution is -0.105. The van der Waals surface area contributed by atoms with Gasteiger partial charge in [0.05, 0.1) is 0 Å². The Hall–Kier alpha value is -1.89. The van der Waals surface area contributed by atoms with E-state index in [1.54, 1.807) is 0 Å². The van der Waals surface area contributed by atoms with Gasteiger partial charge in [0, 0.05) is 0 Å². The topological polar surface area (TPSA) is 17.1 Å². The predicted molar refractivity (Wildman–Crippen MR) is 67.4 cm³/mol. The highest BCUT2D eigenvalue weighted by Crippen LogP contribution is 2.29. The molecular weight excluding hydrogens is 196 g/mol. The predicted octanol–water partition coefficient (Wildman–Crippen LogP) is 3.48. The summed E-state index contributed by atoms with van der Waals surface area (Å²) in [6.07, 6.45) is 4.86. The van der Waals surface area contributed by atoms with Gasteiger partial charge in [-0.2, -0.15) is 0 Å². The lowest BCUT2D eigenvalue weighted by Gasteiger charge is -2.15. The van der Waals surface area contributed by atoms with Gasteiger partial charge < -0.3 is 0 Å². The summed E-state index contributed by atoms with van der Waals surface area (Å²) in [6.45, 7) is 0. The van der Waals surface area contributed by atoms with Crippen LogP contribution in [0.2, 0.25) is 0 Å². The molecule has 3 rings (SSSR count). The zero-order valence-corrected chi connectivity index (χ0v) is 8.94. The Labute approximate surface area is 95.9 Å². The normalized spacial score (nSPS) is 14.4. The van der Waals surface area contributed by atoms with E-state index in [0.717, 1.165) is 24.7 Å². The SMILES string of the molecule is O=CC1=Cc2c(ccc3ccccc23)CC1.[H+]. The van der Waals surface area contributed by atoms with Gasteiger partial charge in [-0.25, -0.2) is 0 Å². The lowest BCUT2D eigenvalue weighted by atomic mass is 9.89. The zero-order chi connectivity index (χ0) is 11.0. The van der Waals surface area contributed by atoms with Gasteiger partial charge >= 0.3 is 1.43 Å². The van der Waals surface area contributed by atoms with Crippen LogP contribution < -0.4 is 0 Å². The summed E-state index contributed by atoms with van der Waals surface area (Å²) < 4.78 is 0. The lowest BCUT2D eigenvalue weighted by Crippen LogP contribution is -2.00. The molecule has 0 bridgehead atoms. The monoisotopic (exact) mass is 209 g/mol. The third kappa shape index (κ3) is 1.36. The summed E-state index contributed by atoms with van der Waals surface area (Å²) in [7, 11) is 0. The van der Waals surface area contributed by atoms with Gasteiger partial charge in [0.25, 0.3) is 0 Å². The second-order valence-corrected chi connectivity index (χ2v) is 4.20. The second-order valence-electron chi connectivity index (χ2n) is 4.20. The Morgan fingerprint density at radius 3 is 2.81 bits per heavy atom. The molecule has 0 radical (unpaired) electrons. The van der Waals surface area contributed by atoms with Crippen LogP contribution >= 0.6 is 0 Å². The maximum absolute atomic E-state index is 10.8. The maximum atomic E-state index is 10.8. The van der Waals surface area contributed by atoms with Crippen molar-refractivity contribution in [2.24, 2.45) is 0 Å². The number of aldehydes is 1. The molecule has 1 nitrogen and oxygen atoms in total. The molecule has 0 atom stereocenters. The number of carbonyl (C=O) groups excluding carboxylic acids is 1. The molecule has 0 saturated heterocycles. The van der Waals surface area contributed by atoms with Crippen molar-refractivity contribution < 1.29 is 6.22 Å². The van der Waals surface area contributed by atoms with Crippen LogP contribution in [0.4, 0.5) is 0 Å². The molecule has 1 aliphatic rings. The van der Waals surface area contributed by atoms with Gasteiger partial charge in [-0.1, -0.05) is 36.4 Å². The van der Waals surface area contributed by atoms with Crippen molar-refractivity contribution in [2.45, 2.75) is 12.8 Å². The number of hydrogen-bond donors (Lipinski definition) is 0. The van der Waals surface area contributed by atoms with Crippen LogP contribution in [-0.4, -0.2) is 6.29 Å². The molecule has 0 N–H and O–H groups in total. The van der Waals surface area contributed by atoms with Crippen LogP contribution in [0.1, 0.15) is 19.0 Å². The van der Waals surface area contributed by atoms with Crippen LogP contribution in [0.5, 0.6) is 0 Å².